The van der Waals surface area contributed by atoms with E-state index in [1.54, 1.807) is 0 Å². The number of nitrogens with zero attached hydrogens (tertiary/aromatic N) is 1. The van der Waals surface area contributed by atoms with Crippen LogP contribution in [0.3, 0.4) is 0 Å². The molecule has 2 nitrogen and oxygen atoms in total. The van der Waals surface area contributed by atoms with Gasteiger partial charge >= 0.3 is 0 Å². The molecule has 0 saturated carbocycles. The second kappa shape index (κ2) is 6.73. The molecule has 0 radical (unpaired) electrons. The fourth-order valence-electron chi connectivity index (χ4n) is 3.24. The molecule has 0 atom stereocenters. The Balaban J connectivity index is 2.21. The van der Waals surface area contributed by atoms with E-state index in [0.29, 0.717) is 12.1 Å². The van der Waals surface area contributed by atoms with Gasteiger partial charge in [0.05, 0.1) is 0 Å². The van der Waals surface area contributed by atoms with Crippen LogP contribution in [0.5, 0.6) is 0 Å². The molecule has 1 N–H and O–H groups in total. The Labute approximate surface area is 126 Å². The summed E-state index contributed by atoms with van der Waals surface area (Å²) in [5.74, 6) is -0.878. The highest BCUT2D eigenvalue weighted by atomic mass is 19.1. The van der Waals surface area contributed by atoms with E-state index < -0.39 is 11.6 Å². The smallest absolute Gasteiger partial charge is 0.149 e. The highest BCUT2D eigenvalue weighted by Gasteiger charge is 2.36. The molecule has 118 valence electrons. The standard InChI is InChI=1S/C17H26F2N2/c1-4-17(5-2)7-8-21(12-17)16-14(18)9-13(10-15(16)19)11-20-6-3/h9-10,20H,4-8,11-12H2,1-3H3. The van der Waals surface area contributed by atoms with Gasteiger partial charge in [-0.1, -0.05) is 20.8 Å². The third-order valence-corrected chi connectivity index (χ3v) is 4.91. The summed E-state index contributed by atoms with van der Waals surface area (Å²) < 4.78 is 28.7. The minimum absolute atomic E-state index is 0.152. The van der Waals surface area contributed by atoms with Crippen molar-refractivity contribution in [3.05, 3.63) is 29.3 Å². The lowest BCUT2D eigenvalue weighted by atomic mass is 9.82. The predicted octanol–water partition coefficient (Wildman–Crippen LogP) is 4.09. The summed E-state index contributed by atoms with van der Waals surface area (Å²) in [6.07, 6.45) is 3.13. The average molecular weight is 296 g/mol. The molecule has 21 heavy (non-hydrogen) atoms. The van der Waals surface area contributed by atoms with E-state index in [1.165, 1.54) is 12.1 Å². The van der Waals surface area contributed by atoms with Crippen molar-refractivity contribution >= 4 is 5.69 Å². The van der Waals surface area contributed by atoms with Gasteiger partial charge < -0.3 is 10.2 Å². The minimum atomic E-state index is -0.439. The lowest BCUT2D eigenvalue weighted by Crippen LogP contribution is -2.27. The maximum Gasteiger partial charge on any atom is 0.149 e. The first-order valence-electron chi connectivity index (χ1n) is 7.98. The van der Waals surface area contributed by atoms with Crippen molar-refractivity contribution in [1.82, 2.24) is 5.32 Å². The zero-order chi connectivity index (χ0) is 15.5. The fourth-order valence-corrected chi connectivity index (χ4v) is 3.24. The number of halogens is 2. The van der Waals surface area contributed by atoms with Gasteiger partial charge in [0.25, 0.3) is 0 Å². The third kappa shape index (κ3) is 3.37. The van der Waals surface area contributed by atoms with Crippen molar-refractivity contribution in [2.24, 2.45) is 5.41 Å². The van der Waals surface area contributed by atoms with Crippen molar-refractivity contribution in [3.63, 3.8) is 0 Å². The number of benzene rings is 1. The van der Waals surface area contributed by atoms with Crippen LogP contribution in [-0.4, -0.2) is 19.6 Å². The Morgan fingerprint density at radius 3 is 2.24 bits per heavy atom. The van der Waals surface area contributed by atoms with Gasteiger partial charge in [-0.2, -0.15) is 0 Å². The van der Waals surface area contributed by atoms with Crippen molar-refractivity contribution in [3.8, 4) is 0 Å². The quantitative estimate of drug-likeness (QED) is 0.850. The molecule has 1 aliphatic heterocycles. The van der Waals surface area contributed by atoms with Crippen LogP contribution >= 0.6 is 0 Å². The molecule has 1 aliphatic rings. The van der Waals surface area contributed by atoms with E-state index >= 15 is 0 Å². The van der Waals surface area contributed by atoms with Crippen molar-refractivity contribution in [1.29, 1.82) is 0 Å². The van der Waals surface area contributed by atoms with E-state index in [-0.39, 0.29) is 11.1 Å². The summed E-state index contributed by atoms with van der Waals surface area (Å²) in [6, 6.07) is 2.91. The van der Waals surface area contributed by atoms with Crippen molar-refractivity contribution in [2.75, 3.05) is 24.5 Å². The first kappa shape index (κ1) is 16.2. The van der Waals surface area contributed by atoms with Gasteiger partial charge in [-0.15, -0.1) is 0 Å². The number of nitrogens with one attached hydrogen (secondary N) is 1. The fraction of sp³-hybridized carbons (Fsp3) is 0.647. The molecule has 0 unspecified atom stereocenters. The molecule has 1 fully saturated rings. The number of rotatable bonds is 6. The summed E-state index contributed by atoms with van der Waals surface area (Å²) in [4.78, 5) is 1.88. The molecule has 0 aliphatic carbocycles. The largest absolute Gasteiger partial charge is 0.366 e. The molecule has 1 heterocycles. The van der Waals surface area contributed by atoms with Crippen LogP contribution in [0.25, 0.3) is 0 Å². The summed E-state index contributed by atoms with van der Waals surface area (Å²) in [5, 5.41) is 3.09. The Hall–Kier alpha value is -1.16. The predicted molar refractivity (Wildman–Crippen MR) is 83.6 cm³/mol. The van der Waals surface area contributed by atoms with Crippen LogP contribution in [0.1, 0.15) is 45.6 Å². The number of hydrogen-bond acceptors (Lipinski definition) is 2. The molecule has 1 aromatic carbocycles. The number of anilines is 1. The molecule has 0 amide bonds. The summed E-state index contributed by atoms with van der Waals surface area (Å²) in [7, 11) is 0. The van der Waals surface area contributed by atoms with Crippen LogP contribution < -0.4 is 10.2 Å². The summed E-state index contributed by atoms with van der Waals surface area (Å²) in [6.45, 7) is 9.08. The highest BCUT2D eigenvalue weighted by Crippen LogP contribution is 2.40. The maximum atomic E-state index is 14.3. The van der Waals surface area contributed by atoms with E-state index in [2.05, 4.69) is 19.2 Å². The molecule has 2 rings (SSSR count). The second-order valence-corrected chi connectivity index (χ2v) is 6.07. The van der Waals surface area contributed by atoms with E-state index in [1.807, 2.05) is 11.8 Å². The van der Waals surface area contributed by atoms with Gasteiger partial charge in [0.1, 0.15) is 17.3 Å². The topological polar surface area (TPSA) is 15.3 Å². The zero-order valence-corrected chi connectivity index (χ0v) is 13.3. The highest BCUT2D eigenvalue weighted by molar-refractivity contribution is 5.52. The zero-order valence-electron chi connectivity index (χ0n) is 13.3. The molecule has 4 heteroatoms. The van der Waals surface area contributed by atoms with Crippen LogP contribution in [-0.2, 0) is 6.54 Å². The van der Waals surface area contributed by atoms with Gasteiger partial charge in [0.2, 0.25) is 0 Å². The monoisotopic (exact) mass is 296 g/mol. The Kier molecular flexibility index (Phi) is 5.20. The lowest BCUT2D eigenvalue weighted by Gasteiger charge is -2.27. The number of hydrogen-bond donors (Lipinski definition) is 1. The van der Waals surface area contributed by atoms with Crippen molar-refractivity contribution < 1.29 is 8.78 Å². The lowest BCUT2D eigenvalue weighted by molar-refractivity contribution is 0.301. The Bertz CT molecular complexity index is 461. The van der Waals surface area contributed by atoms with Gasteiger partial charge in [-0.3, -0.25) is 0 Å². The van der Waals surface area contributed by atoms with Gasteiger partial charge in [0.15, 0.2) is 0 Å². The first-order chi connectivity index (χ1) is 10.0. The van der Waals surface area contributed by atoms with Gasteiger partial charge in [-0.25, -0.2) is 8.78 Å². The summed E-state index contributed by atoms with van der Waals surface area (Å²) in [5.41, 5.74) is 1.02. The molecule has 0 spiro atoms. The summed E-state index contributed by atoms with van der Waals surface area (Å²) >= 11 is 0. The van der Waals surface area contributed by atoms with Gasteiger partial charge in [-0.05, 0) is 48.9 Å². The molecule has 0 bridgehead atoms. The maximum absolute atomic E-state index is 14.3. The average Bonchev–Trinajstić information content (AvgIpc) is 2.89. The van der Waals surface area contributed by atoms with E-state index in [4.69, 9.17) is 0 Å². The Morgan fingerprint density at radius 1 is 1.14 bits per heavy atom. The second-order valence-electron chi connectivity index (χ2n) is 6.07. The van der Waals surface area contributed by atoms with Gasteiger partial charge in [0, 0.05) is 19.6 Å². The molecule has 1 aromatic rings. The van der Waals surface area contributed by atoms with Crippen LogP contribution in [0.2, 0.25) is 0 Å². The first-order valence-corrected chi connectivity index (χ1v) is 7.98. The van der Waals surface area contributed by atoms with Crippen molar-refractivity contribution in [2.45, 2.75) is 46.6 Å². The van der Waals surface area contributed by atoms with E-state index in [9.17, 15) is 8.78 Å². The molecule has 0 aromatic heterocycles. The minimum Gasteiger partial charge on any atom is -0.366 e. The SMILES string of the molecule is CCNCc1cc(F)c(N2CCC(CC)(CC)C2)c(F)c1. The normalized spacial score (nSPS) is 17.5. The molecular weight excluding hydrogens is 270 g/mol. The molecular formula is C17H26F2N2. The van der Waals surface area contributed by atoms with Crippen LogP contribution in [0, 0.1) is 17.0 Å². The van der Waals surface area contributed by atoms with E-state index in [0.717, 1.165) is 38.9 Å². The van der Waals surface area contributed by atoms with Crippen LogP contribution in [0.4, 0.5) is 14.5 Å². The Morgan fingerprint density at radius 2 is 1.76 bits per heavy atom. The molecule has 1 saturated heterocycles. The third-order valence-electron chi connectivity index (χ3n) is 4.91. The van der Waals surface area contributed by atoms with Crippen LogP contribution in [0.15, 0.2) is 12.1 Å².